The summed E-state index contributed by atoms with van der Waals surface area (Å²) in [6.45, 7) is 4.73. The molecule has 0 fully saturated rings. The second-order valence-corrected chi connectivity index (χ2v) is 9.29. The molecule has 0 unspecified atom stereocenters. The third-order valence-corrected chi connectivity index (χ3v) is 7.19. The van der Waals surface area contributed by atoms with Gasteiger partial charge in [0.15, 0.2) is 0 Å². The molecule has 1 aliphatic carbocycles. The minimum Gasteiger partial charge on any atom is -0.293 e. The SMILES string of the molecule is CC1(C)c2cc3ccccc3cc2-c2ccc3c4ccccc4n(-c4ccccn4)c3c21. The van der Waals surface area contributed by atoms with Crippen LogP contribution in [0.25, 0.3) is 49.5 Å². The molecule has 0 N–H and O–H groups in total. The fourth-order valence-corrected chi connectivity index (χ4v) is 5.75. The number of fused-ring (bicyclic) bond motifs is 8. The molecule has 0 aliphatic heterocycles. The zero-order chi connectivity index (χ0) is 21.4. The molecule has 2 heteroatoms. The molecule has 7 rings (SSSR count). The van der Waals surface area contributed by atoms with Crippen molar-refractivity contribution in [3.63, 3.8) is 0 Å². The Hall–Kier alpha value is -3.91. The molecule has 0 radical (unpaired) electrons. The molecule has 0 saturated carbocycles. The number of rotatable bonds is 1. The van der Waals surface area contributed by atoms with Gasteiger partial charge in [-0.25, -0.2) is 4.98 Å². The Labute approximate surface area is 186 Å². The number of hydrogen-bond acceptors (Lipinski definition) is 1. The van der Waals surface area contributed by atoms with Gasteiger partial charge in [-0.3, -0.25) is 4.57 Å². The highest BCUT2D eigenvalue weighted by Gasteiger charge is 2.38. The van der Waals surface area contributed by atoms with Crippen LogP contribution in [0.2, 0.25) is 0 Å². The molecule has 0 amide bonds. The van der Waals surface area contributed by atoms with Crippen molar-refractivity contribution < 1.29 is 0 Å². The third-order valence-electron chi connectivity index (χ3n) is 7.19. The van der Waals surface area contributed by atoms with Gasteiger partial charge in [0.1, 0.15) is 5.82 Å². The van der Waals surface area contributed by atoms with Crippen molar-refractivity contribution in [2.75, 3.05) is 0 Å². The number of pyridine rings is 1. The first-order chi connectivity index (χ1) is 15.6. The topological polar surface area (TPSA) is 17.8 Å². The first kappa shape index (κ1) is 17.7. The molecule has 2 heterocycles. The number of benzene rings is 4. The fourth-order valence-electron chi connectivity index (χ4n) is 5.75. The standard InChI is InChI=1S/C30H22N2/c1-30(2)25-18-20-10-4-3-9-19(20)17-24(25)22-14-15-23-21-11-5-6-12-26(21)32(29(23)28(22)30)27-13-7-8-16-31-27/h3-18H,1-2H3. The lowest BCUT2D eigenvalue weighted by Gasteiger charge is -2.23. The Bertz CT molecular complexity index is 1690. The molecular weight excluding hydrogens is 388 g/mol. The van der Waals surface area contributed by atoms with Crippen LogP contribution in [0.1, 0.15) is 25.0 Å². The molecule has 2 aromatic heterocycles. The van der Waals surface area contributed by atoms with E-state index in [4.69, 9.17) is 4.98 Å². The van der Waals surface area contributed by atoms with E-state index in [0.29, 0.717) is 0 Å². The number of nitrogens with zero attached hydrogens (tertiary/aromatic N) is 2. The summed E-state index contributed by atoms with van der Waals surface area (Å²) < 4.78 is 2.36. The van der Waals surface area contributed by atoms with Gasteiger partial charge in [-0.15, -0.1) is 0 Å². The van der Waals surface area contributed by atoms with Crippen molar-refractivity contribution >= 4 is 32.6 Å². The van der Waals surface area contributed by atoms with Gasteiger partial charge in [-0.1, -0.05) is 74.5 Å². The first-order valence-electron chi connectivity index (χ1n) is 11.2. The molecule has 32 heavy (non-hydrogen) atoms. The normalized spacial score (nSPS) is 14.2. The minimum absolute atomic E-state index is 0.116. The van der Waals surface area contributed by atoms with Gasteiger partial charge in [0.05, 0.1) is 11.0 Å². The molecule has 152 valence electrons. The minimum atomic E-state index is -0.116. The summed E-state index contributed by atoms with van der Waals surface area (Å²) >= 11 is 0. The number of hydrogen-bond donors (Lipinski definition) is 0. The highest BCUT2D eigenvalue weighted by molar-refractivity contribution is 6.13. The second kappa shape index (κ2) is 6.08. The lowest BCUT2D eigenvalue weighted by molar-refractivity contribution is 0.664. The van der Waals surface area contributed by atoms with Gasteiger partial charge in [0.2, 0.25) is 0 Å². The predicted octanol–water partition coefficient (Wildman–Crippen LogP) is 7.64. The molecule has 0 spiro atoms. The Kier molecular flexibility index (Phi) is 3.37. The lowest BCUT2D eigenvalue weighted by atomic mass is 9.81. The van der Waals surface area contributed by atoms with Crippen LogP contribution < -0.4 is 0 Å². The van der Waals surface area contributed by atoms with Gasteiger partial charge < -0.3 is 0 Å². The molecule has 0 atom stereocenters. The zero-order valence-corrected chi connectivity index (χ0v) is 18.1. The number of para-hydroxylation sites is 1. The van der Waals surface area contributed by atoms with Gasteiger partial charge in [-0.2, -0.15) is 0 Å². The van der Waals surface area contributed by atoms with Crippen molar-refractivity contribution in [3.8, 4) is 16.9 Å². The summed E-state index contributed by atoms with van der Waals surface area (Å²) in [7, 11) is 0. The van der Waals surface area contributed by atoms with Gasteiger partial charge >= 0.3 is 0 Å². The van der Waals surface area contributed by atoms with Gasteiger partial charge in [0.25, 0.3) is 0 Å². The summed E-state index contributed by atoms with van der Waals surface area (Å²) in [5, 5.41) is 5.15. The summed E-state index contributed by atoms with van der Waals surface area (Å²) in [6.07, 6.45) is 1.88. The summed E-state index contributed by atoms with van der Waals surface area (Å²) in [5.41, 5.74) is 7.83. The van der Waals surface area contributed by atoms with E-state index in [-0.39, 0.29) is 5.41 Å². The van der Waals surface area contributed by atoms with E-state index in [9.17, 15) is 0 Å². The van der Waals surface area contributed by atoms with Crippen LogP contribution in [0.3, 0.4) is 0 Å². The van der Waals surface area contributed by atoms with E-state index in [0.717, 1.165) is 5.82 Å². The Morgan fingerprint density at radius 2 is 1.44 bits per heavy atom. The Morgan fingerprint density at radius 1 is 0.688 bits per heavy atom. The van der Waals surface area contributed by atoms with E-state index >= 15 is 0 Å². The van der Waals surface area contributed by atoms with Crippen molar-refractivity contribution in [3.05, 3.63) is 108 Å². The van der Waals surface area contributed by atoms with E-state index in [1.165, 1.54) is 54.8 Å². The Balaban J connectivity index is 1.68. The molecular formula is C30H22N2. The first-order valence-corrected chi connectivity index (χ1v) is 11.2. The average molecular weight is 411 g/mol. The van der Waals surface area contributed by atoms with Crippen LogP contribution in [-0.4, -0.2) is 9.55 Å². The van der Waals surface area contributed by atoms with E-state index < -0.39 is 0 Å². The van der Waals surface area contributed by atoms with Crippen LogP contribution >= 0.6 is 0 Å². The molecule has 4 aromatic carbocycles. The Morgan fingerprint density at radius 3 is 2.25 bits per heavy atom. The largest absolute Gasteiger partial charge is 0.293 e. The molecule has 0 bridgehead atoms. The quantitative estimate of drug-likeness (QED) is 0.272. The molecule has 2 nitrogen and oxygen atoms in total. The molecule has 0 saturated heterocycles. The van der Waals surface area contributed by atoms with E-state index in [1.807, 2.05) is 12.3 Å². The summed E-state index contributed by atoms with van der Waals surface area (Å²) in [4.78, 5) is 4.75. The van der Waals surface area contributed by atoms with Crippen molar-refractivity contribution in [1.82, 2.24) is 9.55 Å². The van der Waals surface area contributed by atoms with Crippen molar-refractivity contribution in [2.24, 2.45) is 0 Å². The van der Waals surface area contributed by atoms with Gasteiger partial charge in [-0.05, 0) is 63.4 Å². The maximum Gasteiger partial charge on any atom is 0.137 e. The highest BCUT2D eigenvalue weighted by Crippen LogP contribution is 2.53. The third kappa shape index (κ3) is 2.17. The van der Waals surface area contributed by atoms with Crippen molar-refractivity contribution in [2.45, 2.75) is 19.3 Å². The van der Waals surface area contributed by atoms with Crippen LogP contribution in [-0.2, 0) is 5.41 Å². The van der Waals surface area contributed by atoms with Crippen LogP contribution in [0.4, 0.5) is 0 Å². The number of aromatic nitrogens is 2. The summed E-state index contributed by atoms with van der Waals surface area (Å²) in [5.74, 6) is 0.962. The second-order valence-electron chi connectivity index (χ2n) is 9.29. The lowest BCUT2D eigenvalue weighted by Crippen LogP contribution is -2.16. The van der Waals surface area contributed by atoms with Gasteiger partial charge in [0, 0.05) is 22.4 Å². The smallest absolute Gasteiger partial charge is 0.137 e. The van der Waals surface area contributed by atoms with E-state index in [2.05, 4.69) is 103 Å². The van der Waals surface area contributed by atoms with Crippen LogP contribution in [0, 0.1) is 0 Å². The maximum atomic E-state index is 4.75. The monoisotopic (exact) mass is 410 g/mol. The fraction of sp³-hybridized carbons (Fsp3) is 0.100. The van der Waals surface area contributed by atoms with E-state index in [1.54, 1.807) is 0 Å². The van der Waals surface area contributed by atoms with Crippen molar-refractivity contribution in [1.29, 1.82) is 0 Å². The maximum absolute atomic E-state index is 4.75. The van der Waals surface area contributed by atoms with Crippen LogP contribution in [0.15, 0.2) is 97.2 Å². The molecule has 1 aliphatic rings. The highest BCUT2D eigenvalue weighted by atomic mass is 15.1. The predicted molar refractivity (Wildman–Crippen MR) is 134 cm³/mol. The average Bonchev–Trinajstić information content (AvgIpc) is 3.28. The van der Waals surface area contributed by atoms with Crippen LogP contribution in [0.5, 0.6) is 0 Å². The molecule has 6 aromatic rings. The zero-order valence-electron chi connectivity index (χ0n) is 18.1. The summed E-state index contributed by atoms with van der Waals surface area (Å²) in [6, 6.07) is 32.9.